The molecule has 1 aliphatic rings. The summed E-state index contributed by atoms with van der Waals surface area (Å²) in [7, 11) is 0. The van der Waals surface area contributed by atoms with Gasteiger partial charge >= 0.3 is 0 Å². The van der Waals surface area contributed by atoms with Gasteiger partial charge in [0.15, 0.2) is 16.2 Å². The van der Waals surface area contributed by atoms with Crippen LogP contribution in [-0.4, -0.2) is 79.4 Å². The number of guanidine groups is 1. The lowest BCUT2D eigenvalue weighted by molar-refractivity contribution is -0.136. The van der Waals surface area contributed by atoms with Crippen LogP contribution < -0.4 is 32.5 Å². The van der Waals surface area contributed by atoms with Crippen molar-refractivity contribution in [2.75, 3.05) is 10.6 Å². The number of aliphatic imine (C=N–C) groups is 2. The van der Waals surface area contributed by atoms with Gasteiger partial charge in [0.1, 0.15) is 54.5 Å². The fourth-order valence-corrected chi connectivity index (χ4v) is 3.86. The van der Waals surface area contributed by atoms with E-state index in [2.05, 4.69) is 36.8 Å². The van der Waals surface area contributed by atoms with Crippen molar-refractivity contribution in [2.45, 2.75) is 36.5 Å². The van der Waals surface area contributed by atoms with Crippen LogP contribution in [0.2, 0.25) is 0 Å². The van der Waals surface area contributed by atoms with Crippen molar-refractivity contribution in [3.8, 4) is 0 Å². The number of thiocarbonyl (C=S) groups is 2. The maximum absolute atomic E-state index is 13.0. The van der Waals surface area contributed by atoms with Crippen LogP contribution in [0.25, 0.3) is 0 Å². The SMILES string of the molecule is NC(=NC1C(O)C(O)C(O)C(N=CNNC(=S)Nc2ccc(F)cc2)C1O)NC(=S)Nc1ccc(F)cc1. The van der Waals surface area contributed by atoms with E-state index in [1.165, 1.54) is 48.5 Å². The van der Waals surface area contributed by atoms with E-state index in [4.69, 9.17) is 30.2 Å². The molecular formula is C22H26F2N8O4S2. The standard InChI is InChI=1S/C22H26F2N8O4S2/c23-10-1-5-12(6-2-10)28-21(37)31-20(25)30-15-16(33)14(17(34)19(36)18(15)35)26-9-27-32-22(38)29-13-7-3-11(24)4-8-13/h1-9,14-19,33-36H,(H,26,27)(H2,29,32,38)(H4,25,28,30,31,37). The number of nitrogens with two attached hydrogens (primary N) is 1. The fourth-order valence-electron chi connectivity index (χ4n) is 3.46. The number of aliphatic hydroxyl groups excluding tert-OH is 4. The maximum atomic E-state index is 13.0. The molecule has 0 radical (unpaired) electrons. The Morgan fingerprint density at radius 2 is 1.26 bits per heavy atom. The predicted octanol–water partition coefficient (Wildman–Crippen LogP) is -0.720. The number of hydrogen-bond donors (Lipinski definition) is 10. The molecule has 6 atom stereocenters. The quantitative estimate of drug-likeness (QED) is 0.0912. The summed E-state index contributed by atoms with van der Waals surface area (Å²) in [5.41, 5.74) is 11.9. The van der Waals surface area contributed by atoms with Gasteiger partial charge in [0.2, 0.25) is 0 Å². The molecule has 0 aliphatic heterocycles. The molecule has 204 valence electrons. The van der Waals surface area contributed by atoms with Gasteiger partial charge in [-0.15, -0.1) is 0 Å². The highest BCUT2D eigenvalue weighted by Gasteiger charge is 2.49. The van der Waals surface area contributed by atoms with Gasteiger partial charge < -0.3 is 42.1 Å². The van der Waals surface area contributed by atoms with Gasteiger partial charge in [-0.3, -0.25) is 15.8 Å². The van der Waals surface area contributed by atoms with Gasteiger partial charge in [0.25, 0.3) is 0 Å². The lowest BCUT2D eigenvalue weighted by atomic mass is 9.82. The van der Waals surface area contributed by atoms with Crippen molar-refractivity contribution < 1.29 is 29.2 Å². The zero-order chi connectivity index (χ0) is 27.8. The van der Waals surface area contributed by atoms with E-state index >= 15 is 0 Å². The Hall–Kier alpha value is -3.54. The van der Waals surface area contributed by atoms with Gasteiger partial charge in [-0.25, -0.2) is 13.8 Å². The second kappa shape index (κ2) is 13.3. The molecule has 0 bridgehead atoms. The van der Waals surface area contributed by atoms with Crippen molar-refractivity contribution in [1.29, 1.82) is 0 Å². The molecule has 1 saturated carbocycles. The summed E-state index contributed by atoms with van der Waals surface area (Å²) < 4.78 is 26.0. The fraction of sp³-hybridized carbons (Fsp3) is 0.273. The summed E-state index contributed by atoms with van der Waals surface area (Å²) in [4.78, 5) is 7.99. The minimum Gasteiger partial charge on any atom is -0.388 e. The van der Waals surface area contributed by atoms with Crippen molar-refractivity contribution >= 4 is 58.3 Å². The van der Waals surface area contributed by atoms with Gasteiger partial charge in [0, 0.05) is 11.4 Å². The molecule has 38 heavy (non-hydrogen) atoms. The van der Waals surface area contributed by atoms with E-state index in [0.717, 1.165) is 6.34 Å². The summed E-state index contributed by atoms with van der Waals surface area (Å²) in [6.07, 6.45) is -5.51. The van der Waals surface area contributed by atoms with E-state index in [0.29, 0.717) is 11.4 Å². The monoisotopic (exact) mass is 568 g/mol. The molecule has 6 unspecified atom stereocenters. The molecule has 0 saturated heterocycles. The second-order valence-electron chi connectivity index (χ2n) is 8.05. The Bertz CT molecular complexity index is 1170. The molecule has 1 fully saturated rings. The predicted molar refractivity (Wildman–Crippen MR) is 146 cm³/mol. The van der Waals surface area contributed by atoms with Crippen LogP contribution in [0.5, 0.6) is 0 Å². The average Bonchev–Trinajstić information content (AvgIpc) is 2.87. The molecule has 3 rings (SSSR count). The molecule has 0 aromatic heterocycles. The van der Waals surface area contributed by atoms with Crippen LogP contribution in [0.15, 0.2) is 58.5 Å². The van der Waals surface area contributed by atoms with Gasteiger partial charge in [0.05, 0.1) is 0 Å². The summed E-state index contributed by atoms with van der Waals surface area (Å²) in [5.74, 6) is -1.14. The van der Waals surface area contributed by atoms with Gasteiger partial charge in [-0.05, 0) is 73.0 Å². The van der Waals surface area contributed by atoms with Crippen LogP contribution in [0.3, 0.4) is 0 Å². The molecule has 12 nitrogen and oxygen atoms in total. The summed E-state index contributed by atoms with van der Waals surface area (Å²) in [6, 6.07) is 8.11. The minimum atomic E-state index is -1.71. The molecule has 2 aromatic rings. The largest absolute Gasteiger partial charge is 0.388 e. The number of nitrogens with zero attached hydrogens (tertiary/aromatic N) is 2. The van der Waals surface area contributed by atoms with E-state index < -0.39 is 48.1 Å². The lowest BCUT2D eigenvalue weighted by Crippen LogP contribution is -2.63. The van der Waals surface area contributed by atoms with Gasteiger partial charge in [-0.2, -0.15) is 0 Å². The van der Waals surface area contributed by atoms with E-state index in [1.54, 1.807) is 0 Å². The second-order valence-corrected chi connectivity index (χ2v) is 8.87. The first-order valence-electron chi connectivity index (χ1n) is 11.0. The molecule has 0 amide bonds. The van der Waals surface area contributed by atoms with E-state index in [1.807, 2.05) is 0 Å². The van der Waals surface area contributed by atoms with Crippen molar-refractivity contribution in [3.63, 3.8) is 0 Å². The van der Waals surface area contributed by atoms with Crippen LogP contribution in [0.4, 0.5) is 20.2 Å². The number of hydrazine groups is 1. The smallest absolute Gasteiger partial charge is 0.195 e. The number of halogens is 2. The Labute approximate surface area is 226 Å². The molecular weight excluding hydrogens is 542 g/mol. The van der Waals surface area contributed by atoms with E-state index in [-0.39, 0.29) is 16.2 Å². The van der Waals surface area contributed by atoms with Crippen molar-refractivity contribution in [1.82, 2.24) is 16.2 Å². The van der Waals surface area contributed by atoms with Crippen LogP contribution in [-0.2, 0) is 0 Å². The average molecular weight is 569 g/mol. The topological polar surface area (TPSA) is 192 Å². The van der Waals surface area contributed by atoms with Crippen molar-refractivity contribution in [3.05, 3.63) is 60.2 Å². The van der Waals surface area contributed by atoms with Crippen LogP contribution in [0.1, 0.15) is 0 Å². The normalized spacial score (nSPS) is 25.5. The first-order chi connectivity index (χ1) is 18.0. The molecule has 11 N–H and O–H groups in total. The number of benzene rings is 2. The Balaban J connectivity index is 1.58. The third kappa shape index (κ3) is 7.98. The lowest BCUT2D eigenvalue weighted by Gasteiger charge is -2.40. The maximum Gasteiger partial charge on any atom is 0.195 e. The number of aliphatic hydroxyl groups is 4. The number of hydrogen-bond acceptors (Lipinski definition) is 8. The summed E-state index contributed by atoms with van der Waals surface area (Å²) in [5, 5.41) is 49.9. The van der Waals surface area contributed by atoms with Crippen molar-refractivity contribution in [2.24, 2.45) is 15.7 Å². The third-order valence-electron chi connectivity index (χ3n) is 5.33. The Kier molecular flexibility index (Phi) is 10.2. The zero-order valence-corrected chi connectivity index (χ0v) is 21.1. The third-order valence-corrected chi connectivity index (χ3v) is 5.74. The number of anilines is 2. The first-order valence-corrected chi connectivity index (χ1v) is 11.9. The molecule has 0 heterocycles. The molecule has 2 aromatic carbocycles. The number of nitrogens with one attached hydrogen (secondary N) is 5. The van der Waals surface area contributed by atoms with E-state index in [9.17, 15) is 29.2 Å². The highest BCUT2D eigenvalue weighted by atomic mass is 32.1. The summed E-state index contributed by atoms with van der Waals surface area (Å²) in [6.45, 7) is 0. The van der Waals surface area contributed by atoms with Gasteiger partial charge in [-0.1, -0.05) is 0 Å². The number of rotatable bonds is 6. The Morgan fingerprint density at radius 1 is 0.763 bits per heavy atom. The molecule has 0 spiro atoms. The highest BCUT2D eigenvalue weighted by Crippen LogP contribution is 2.26. The van der Waals surface area contributed by atoms with Crippen LogP contribution in [0, 0.1) is 11.6 Å². The molecule has 16 heteroatoms. The Morgan fingerprint density at radius 3 is 1.82 bits per heavy atom. The molecule has 1 aliphatic carbocycles. The highest BCUT2D eigenvalue weighted by molar-refractivity contribution is 7.80. The minimum absolute atomic E-state index is 0.00621. The summed E-state index contributed by atoms with van der Waals surface area (Å²) >= 11 is 10.2. The zero-order valence-electron chi connectivity index (χ0n) is 19.5. The van der Waals surface area contributed by atoms with Crippen LogP contribution >= 0.6 is 24.4 Å². The first kappa shape index (κ1) is 29.0.